The maximum Gasteiger partial charge on any atom is 0.356 e. The van der Waals surface area contributed by atoms with Gasteiger partial charge in [0.2, 0.25) is 5.82 Å². The predicted molar refractivity (Wildman–Crippen MR) is 65.7 cm³/mol. The summed E-state index contributed by atoms with van der Waals surface area (Å²) >= 11 is 0. The summed E-state index contributed by atoms with van der Waals surface area (Å²) in [6, 6.07) is 0. The largest absolute Gasteiger partial charge is 0.394 e. The van der Waals surface area contributed by atoms with Gasteiger partial charge < -0.3 is 8.85 Å². The summed E-state index contributed by atoms with van der Waals surface area (Å²) in [4.78, 5) is 0. The lowest BCUT2D eigenvalue weighted by atomic mass is 10.1. The van der Waals surface area contributed by atoms with Crippen molar-refractivity contribution in [3.8, 4) is 0 Å². The number of rotatable bonds is 6. The van der Waals surface area contributed by atoms with Crippen LogP contribution in [0.2, 0.25) is 0 Å². The summed E-state index contributed by atoms with van der Waals surface area (Å²) in [5.41, 5.74) is -1.07. The molecule has 0 aliphatic rings. The molecule has 8 heteroatoms. The Morgan fingerprint density at radius 3 is 1.55 bits per heavy atom. The van der Waals surface area contributed by atoms with Crippen molar-refractivity contribution in [3.05, 3.63) is 41.2 Å². The lowest BCUT2D eigenvalue weighted by Gasteiger charge is -2.18. The van der Waals surface area contributed by atoms with Crippen molar-refractivity contribution in [2.75, 3.05) is 13.2 Å². The minimum absolute atomic E-state index is 0.172. The molecule has 0 aromatic heterocycles. The first-order chi connectivity index (χ1) is 9.36. The van der Waals surface area contributed by atoms with E-state index in [9.17, 15) is 22.0 Å². The second kappa shape index (κ2) is 6.96. The minimum atomic E-state index is -2.80. The van der Waals surface area contributed by atoms with E-state index < -0.39 is 43.9 Å². The van der Waals surface area contributed by atoms with Crippen LogP contribution in [-0.4, -0.2) is 22.5 Å². The van der Waals surface area contributed by atoms with E-state index in [1.807, 2.05) is 0 Å². The molecule has 1 rings (SSSR count). The van der Waals surface area contributed by atoms with E-state index in [0.29, 0.717) is 0 Å². The highest BCUT2D eigenvalue weighted by Gasteiger charge is 2.31. The van der Waals surface area contributed by atoms with Gasteiger partial charge in [-0.1, -0.05) is 6.58 Å². The predicted octanol–water partition coefficient (Wildman–Crippen LogP) is 3.23. The second-order valence-electron chi connectivity index (χ2n) is 3.71. The van der Waals surface area contributed by atoms with Gasteiger partial charge in [-0.25, -0.2) is 22.0 Å². The van der Waals surface area contributed by atoms with Gasteiger partial charge in [0, 0.05) is 13.2 Å². The van der Waals surface area contributed by atoms with Crippen molar-refractivity contribution in [1.82, 2.24) is 0 Å². The van der Waals surface area contributed by atoms with Gasteiger partial charge in [-0.2, -0.15) is 0 Å². The summed E-state index contributed by atoms with van der Waals surface area (Å²) in [6.45, 7) is 6.95. The highest BCUT2D eigenvalue weighted by molar-refractivity contribution is 6.67. The Balaban J connectivity index is 3.34. The molecular weight excluding hydrogens is 299 g/mol. The van der Waals surface area contributed by atoms with Crippen LogP contribution in [0.5, 0.6) is 0 Å². The third-order valence-corrected chi connectivity index (χ3v) is 4.58. The highest BCUT2D eigenvalue weighted by Crippen LogP contribution is 2.29. The molecule has 1 aromatic carbocycles. The standard InChI is InChI=1S/C12H13F5O2Si/c1-4-18-20(19-5-2)6(3)7-8(13)10(15)12(17)11(16)9(7)14/h20H,3-5H2,1-2H3. The zero-order valence-corrected chi connectivity index (χ0v) is 12.1. The molecule has 0 saturated heterocycles. The van der Waals surface area contributed by atoms with Crippen LogP contribution in [0.1, 0.15) is 19.4 Å². The van der Waals surface area contributed by atoms with Gasteiger partial charge in [-0.15, -0.1) is 0 Å². The molecule has 0 N–H and O–H groups in total. The first kappa shape index (κ1) is 16.8. The summed E-state index contributed by atoms with van der Waals surface area (Å²) in [5.74, 6) is -10.1. The normalized spacial score (nSPS) is 11.2. The molecule has 2 nitrogen and oxygen atoms in total. The van der Waals surface area contributed by atoms with E-state index in [1.54, 1.807) is 13.8 Å². The van der Waals surface area contributed by atoms with E-state index in [-0.39, 0.29) is 18.4 Å². The first-order valence-corrected chi connectivity index (χ1v) is 7.32. The number of hydrogen-bond donors (Lipinski definition) is 0. The van der Waals surface area contributed by atoms with Gasteiger partial charge in [-0.05, 0) is 19.0 Å². The summed E-state index contributed by atoms with van der Waals surface area (Å²) in [6.07, 6.45) is 0. The molecule has 0 amide bonds. The van der Waals surface area contributed by atoms with Crippen LogP contribution in [0, 0.1) is 29.1 Å². The molecule has 0 saturated carbocycles. The fraction of sp³-hybridized carbons (Fsp3) is 0.333. The van der Waals surface area contributed by atoms with Gasteiger partial charge in [0.15, 0.2) is 23.3 Å². The summed E-state index contributed by atoms with van der Waals surface area (Å²) in [7, 11) is -2.80. The molecular formula is C12H13F5O2Si. The fourth-order valence-electron chi connectivity index (χ4n) is 1.56. The Hall–Kier alpha value is -1.25. The average Bonchev–Trinajstić information content (AvgIpc) is 2.43. The molecule has 0 unspecified atom stereocenters. The first-order valence-electron chi connectivity index (χ1n) is 5.80. The number of hydrogen-bond acceptors (Lipinski definition) is 2. The second-order valence-corrected chi connectivity index (χ2v) is 5.74. The van der Waals surface area contributed by atoms with E-state index in [2.05, 4.69) is 6.58 Å². The monoisotopic (exact) mass is 312 g/mol. The number of benzene rings is 1. The Morgan fingerprint density at radius 1 is 0.850 bits per heavy atom. The van der Waals surface area contributed by atoms with Crippen molar-refractivity contribution in [2.24, 2.45) is 0 Å². The molecule has 0 bridgehead atoms. The lowest BCUT2D eigenvalue weighted by Crippen LogP contribution is -2.26. The van der Waals surface area contributed by atoms with Crippen LogP contribution in [-0.2, 0) is 8.85 Å². The Labute approximate surface area is 114 Å². The molecule has 0 fully saturated rings. The third kappa shape index (κ3) is 3.08. The van der Waals surface area contributed by atoms with Crippen LogP contribution in [0.15, 0.2) is 6.58 Å². The fourth-order valence-corrected chi connectivity index (χ4v) is 3.15. The molecule has 0 heterocycles. The van der Waals surface area contributed by atoms with Gasteiger partial charge in [-0.3, -0.25) is 0 Å². The van der Waals surface area contributed by atoms with Gasteiger partial charge in [0.05, 0.1) is 5.56 Å². The van der Waals surface area contributed by atoms with E-state index in [4.69, 9.17) is 8.85 Å². The average molecular weight is 312 g/mol. The van der Waals surface area contributed by atoms with Gasteiger partial charge in [0.25, 0.3) is 0 Å². The highest BCUT2D eigenvalue weighted by atomic mass is 28.3. The molecule has 0 aliphatic carbocycles. The van der Waals surface area contributed by atoms with Crippen molar-refractivity contribution in [1.29, 1.82) is 0 Å². The van der Waals surface area contributed by atoms with Crippen molar-refractivity contribution < 1.29 is 30.8 Å². The summed E-state index contributed by atoms with van der Waals surface area (Å²) in [5, 5.41) is -0.332. The maximum atomic E-state index is 13.6. The van der Waals surface area contributed by atoms with Crippen LogP contribution >= 0.6 is 0 Å². The zero-order chi connectivity index (χ0) is 15.4. The van der Waals surface area contributed by atoms with Crippen LogP contribution < -0.4 is 0 Å². The molecule has 0 spiro atoms. The molecule has 112 valence electrons. The molecule has 1 aromatic rings. The molecule has 0 radical (unpaired) electrons. The SMILES string of the molecule is C=C(c1c(F)c(F)c(F)c(F)c1F)[SiH](OCC)OCC. The number of halogens is 5. The quantitative estimate of drug-likeness (QED) is 0.347. The van der Waals surface area contributed by atoms with Gasteiger partial charge >= 0.3 is 9.28 Å². The summed E-state index contributed by atoms with van der Waals surface area (Å²) < 4.78 is 76.8. The van der Waals surface area contributed by atoms with Crippen LogP contribution in [0.3, 0.4) is 0 Å². The van der Waals surface area contributed by atoms with Crippen LogP contribution in [0.4, 0.5) is 22.0 Å². The Kier molecular flexibility index (Phi) is 5.84. The van der Waals surface area contributed by atoms with Crippen molar-refractivity contribution in [2.45, 2.75) is 13.8 Å². The zero-order valence-electron chi connectivity index (χ0n) is 10.9. The smallest absolute Gasteiger partial charge is 0.356 e. The Bertz CT molecular complexity index is 486. The molecule has 0 aliphatic heterocycles. The van der Waals surface area contributed by atoms with Crippen LogP contribution in [0.25, 0.3) is 5.20 Å². The lowest BCUT2D eigenvalue weighted by molar-refractivity contribution is 0.226. The van der Waals surface area contributed by atoms with Crippen molar-refractivity contribution in [3.63, 3.8) is 0 Å². The van der Waals surface area contributed by atoms with E-state index in [0.717, 1.165) is 0 Å². The molecule has 0 atom stereocenters. The van der Waals surface area contributed by atoms with E-state index in [1.165, 1.54) is 0 Å². The molecule has 20 heavy (non-hydrogen) atoms. The van der Waals surface area contributed by atoms with E-state index >= 15 is 0 Å². The minimum Gasteiger partial charge on any atom is -0.394 e. The van der Waals surface area contributed by atoms with Gasteiger partial charge in [0.1, 0.15) is 0 Å². The maximum absolute atomic E-state index is 13.6. The topological polar surface area (TPSA) is 18.5 Å². The third-order valence-electron chi connectivity index (χ3n) is 2.45. The Morgan fingerprint density at radius 2 is 1.20 bits per heavy atom. The van der Waals surface area contributed by atoms with Crippen molar-refractivity contribution >= 4 is 14.5 Å².